The number of nitrogens with two attached hydrogens (primary N) is 1. The predicted molar refractivity (Wildman–Crippen MR) is 156 cm³/mol. The van der Waals surface area contributed by atoms with E-state index in [9.17, 15) is 4.79 Å². The van der Waals surface area contributed by atoms with Gasteiger partial charge in [-0.05, 0) is 66.5 Å². The van der Waals surface area contributed by atoms with Crippen molar-refractivity contribution in [2.24, 2.45) is 10.7 Å². The number of rotatable bonds is 6. The molecule has 198 valence electrons. The van der Waals surface area contributed by atoms with Gasteiger partial charge in [0.1, 0.15) is 5.84 Å². The SMILES string of the molecule is C=C(CC)NC.CCC.CCCC1(C(N)=NC)Cc2ccccc2CCc2cc(C(=O)NC)ccc21. The summed E-state index contributed by atoms with van der Waals surface area (Å²) in [4.78, 5) is 16.6. The van der Waals surface area contributed by atoms with Crippen LogP contribution in [-0.2, 0) is 24.7 Å². The molecule has 4 N–H and O–H groups in total. The molecule has 1 aliphatic rings. The topological polar surface area (TPSA) is 79.5 Å². The monoisotopic (exact) mass is 492 g/mol. The second kappa shape index (κ2) is 15.8. The summed E-state index contributed by atoms with van der Waals surface area (Å²) in [6.07, 6.45) is 6.90. The summed E-state index contributed by atoms with van der Waals surface area (Å²) in [6, 6.07) is 14.7. The van der Waals surface area contributed by atoms with Gasteiger partial charge in [0, 0.05) is 32.4 Å². The summed E-state index contributed by atoms with van der Waals surface area (Å²) in [7, 11) is 5.32. The van der Waals surface area contributed by atoms with Gasteiger partial charge in [-0.3, -0.25) is 9.79 Å². The molecule has 36 heavy (non-hydrogen) atoms. The van der Waals surface area contributed by atoms with Crippen molar-refractivity contribution in [2.75, 3.05) is 21.1 Å². The number of allylic oxidation sites excluding steroid dienone is 1. The Morgan fingerprint density at radius 1 is 1.00 bits per heavy atom. The fourth-order valence-electron chi connectivity index (χ4n) is 4.61. The molecule has 1 unspecified atom stereocenters. The number of amidine groups is 1. The molecular weight excluding hydrogens is 444 g/mol. The number of amides is 1. The Bertz CT molecular complexity index is 1010. The Kier molecular flexibility index (Phi) is 13.6. The summed E-state index contributed by atoms with van der Waals surface area (Å²) in [6.45, 7) is 12.2. The van der Waals surface area contributed by atoms with Crippen LogP contribution < -0.4 is 16.4 Å². The maximum atomic E-state index is 12.2. The number of hydrogen-bond acceptors (Lipinski definition) is 3. The Hall–Kier alpha value is -3.08. The third kappa shape index (κ3) is 7.97. The third-order valence-electron chi connectivity index (χ3n) is 6.57. The molecule has 2 aromatic rings. The van der Waals surface area contributed by atoms with Crippen molar-refractivity contribution in [3.63, 3.8) is 0 Å². The zero-order valence-electron chi connectivity index (χ0n) is 23.6. The van der Waals surface area contributed by atoms with Crippen LogP contribution in [0.1, 0.15) is 86.0 Å². The van der Waals surface area contributed by atoms with Crippen LogP contribution in [0.15, 0.2) is 59.7 Å². The van der Waals surface area contributed by atoms with Crippen molar-refractivity contribution < 1.29 is 4.79 Å². The highest BCUT2D eigenvalue weighted by atomic mass is 16.1. The van der Waals surface area contributed by atoms with Crippen LogP contribution in [0.4, 0.5) is 0 Å². The molecule has 0 fully saturated rings. The van der Waals surface area contributed by atoms with Crippen LogP contribution in [0.25, 0.3) is 0 Å². The minimum atomic E-state index is -0.337. The number of fused-ring (bicyclic) bond motifs is 2. The molecule has 0 bridgehead atoms. The third-order valence-corrected chi connectivity index (χ3v) is 6.57. The van der Waals surface area contributed by atoms with E-state index in [0.717, 1.165) is 44.2 Å². The molecule has 3 rings (SSSR count). The Balaban J connectivity index is 0.000000621. The average molecular weight is 493 g/mol. The van der Waals surface area contributed by atoms with Crippen LogP contribution in [-0.4, -0.2) is 32.9 Å². The van der Waals surface area contributed by atoms with E-state index in [2.05, 4.69) is 80.2 Å². The molecule has 1 amide bonds. The number of nitrogens with zero attached hydrogens (tertiary/aromatic N) is 1. The Morgan fingerprint density at radius 2 is 1.61 bits per heavy atom. The molecule has 0 spiro atoms. The minimum Gasteiger partial charge on any atom is -0.392 e. The van der Waals surface area contributed by atoms with E-state index < -0.39 is 0 Å². The molecular formula is C31H48N4O. The van der Waals surface area contributed by atoms with E-state index >= 15 is 0 Å². The van der Waals surface area contributed by atoms with Gasteiger partial charge < -0.3 is 16.4 Å². The molecule has 0 saturated carbocycles. The lowest BCUT2D eigenvalue weighted by atomic mass is 9.67. The van der Waals surface area contributed by atoms with E-state index in [1.54, 1.807) is 14.1 Å². The van der Waals surface area contributed by atoms with Crippen molar-refractivity contribution in [1.82, 2.24) is 10.6 Å². The molecule has 5 nitrogen and oxygen atoms in total. The molecule has 1 atom stereocenters. The van der Waals surface area contributed by atoms with Crippen LogP contribution >= 0.6 is 0 Å². The van der Waals surface area contributed by atoms with Gasteiger partial charge >= 0.3 is 0 Å². The van der Waals surface area contributed by atoms with Crippen molar-refractivity contribution in [2.45, 2.75) is 78.1 Å². The lowest BCUT2D eigenvalue weighted by Crippen LogP contribution is -2.45. The number of benzene rings is 2. The summed E-state index contributed by atoms with van der Waals surface area (Å²) < 4.78 is 0. The van der Waals surface area contributed by atoms with Crippen molar-refractivity contribution >= 4 is 11.7 Å². The van der Waals surface area contributed by atoms with Gasteiger partial charge in [-0.1, -0.05) is 77.4 Å². The lowest BCUT2D eigenvalue weighted by molar-refractivity contribution is 0.0963. The van der Waals surface area contributed by atoms with E-state index in [1.807, 2.05) is 19.2 Å². The van der Waals surface area contributed by atoms with Gasteiger partial charge in [0.2, 0.25) is 0 Å². The van der Waals surface area contributed by atoms with Gasteiger partial charge in [0.15, 0.2) is 0 Å². The Morgan fingerprint density at radius 3 is 2.11 bits per heavy atom. The fourth-order valence-corrected chi connectivity index (χ4v) is 4.61. The summed E-state index contributed by atoms with van der Waals surface area (Å²) in [5.41, 5.74) is 13.1. The smallest absolute Gasteiger partial charge is 0.251 e. The molecule has 2 aromatic carbocycles. The van der Waals surface area contributed by atoms with Crippen LogP contribution in [0.5, 0.6) is 0 Å². The van der Waals surface area contributed by atoms with E-state index in [0.29, 0.717) is 11.4 Å². The maximum absolute atomic E-state index is 12.2. The van der Waals surface area contributed by atoms with Gasteiger partial charge in [0.05, 0.1) is 5.41 Å². The predicted octanol–water partition coefficient (Wildman–Crippen LogP) is 5.96. The zero-order chi connectivity index (χ0) is 27.1. The zero-order valence-corrected chi connectivity index (χ0v) is 23.6. The van der Waals surface area contributed by atoms with Gasteiger partial charge in [-0.2, -0.15) is 0 Å². The van der Waals surface area contributed by atoms with Crippen LogP contribution in [0.2, 0.25) is 0 Å². The summed E-state index contributed by atoms with van der Waals surface area (Å²) in [5.74, 6) is 0.619. The molecule has 1 aliphatic carbocycles. The van der Waals surface area contributed by atoms with Crippen molar-refractivity contribution in [3.05, 3.63) is 82.6 Å². The second-order valence-corrected chi connectivity index (χ2v) is 9.25. The molecule has 0 aliphatic heterocycles. The number of aliphatic imine (C=N–C) groups is 1. The highest BCUT2D eigenvalue weighted by Gasteiger charge is 2.39. The first-order valence-electron chi connectivity index (χ1n) is 13.3. The number of carbonyl (C=O) groups is 1. The van der Waals surface area contributed by atoms with E-state index in [4.69, 9.17) is 5.73 Å². The van der Waals surface area contributed by atoms with Gasteiger partial charge in [0.25, 0.3) is 5.91 Å². The van der Waals surface area contributed by atoms with Crippen molar-refractivity contribution in [3.8, 4) is 0 Å². The number of aryl methyl sites for hydroxylation is 2. The van der Waals surface area contributed by atoms with E-state index in [1.165, 1.54) is 28.7 Å². The molecule has 0 heterocycles. The fraction of sp³-hybridized carbons (Fsp3) is 0.484. The van der Waals surface area contributed by atoms with Gasteiger partial charge in [-0.25, -0.2) is 0 Å². The lowest BCUT2D eigenvalue weighted by Gasteiger charge is -2.38. The number of hydrogen-bond donors (Lipinski definition) is 3. The maximum Gasteiger partial charge on any atom is 0.251 e. The minimum absolute atomic E-state index is 0.0570. The first kappa shape index (κ1) is 31.0. The normalized spacial score (nSPS) is 16.4. The first-order chi connectivity index (χ1) is 17.3. The van der Waals surface area contributed by atoms with Crippen LogP contribution in [0.3, 0.4) is 0 Å². The summed E-state index contributed by atoms with van der Waals surface area (Å²) in [5, 5.41) is 5.64. The highest BCUT2D eigenvalue weighted by Crippen LogP contribution is 2.39. The van der Waals surface area contributed by atoms with Crippen LogP contribution in [0, 0.1) is 0 Å². The van der Waals surface area contributed by atoms with Crippen molar-refractivity contribution in [1.29, 1.82) is 0 Å². The quantitative estimate of drug-likeness (QED) is 0.344. The molecule has 0 radical (unpaired) electrons. The summed E-state index contributed by atoms with van der Waals surface area (Å²) >= 11 is 0. The standard InChI is InChI=1S/C23H29N3O.C5H11N.C3H8/c1-4-13-23(22(24)26-3)15-19-8-6-5-7-16(19)9-10-17-14-18(21(27)25-2)11-12-20(17)23;1-4-5(2)6-3;1-3-2/h5-8,11-12,14H,4,9-10,13,15H2,1-3H3,(H2,24,26)(H,25,27);6H,2,4H2,1,3H3;3H2,1-2H3. The number of carbonyl (C=O) groups excluding carboxylic acids is 1. The molecule has 5 heteroatoms. The Labute approximate surface area is 219 Å². The van der Waals surface area contributed by atoms with E-state index in [-0.39, 0.29) is 11.3 Å². The van der Waals surface area contributed by atoms with Gasteiger partial charge in [-0.15, -0.1) is 0 Å². The molecule has 0 saturated heterocycles. The number of nitrogens with one attached hydrogen (secondary N) is 2. The second-order valence-electron chi connectivity index (χ2n) is 9.25. The molecule has 0 aromatic heterocycles. The largest absolute Gasteiger partial charge is 0.392 e. The first-order valence-corrected chi connectivity index (χ1v) is 13.3. The average Bonchev–Trinajstić information content (AvgIpc) is 2.90. The highest BCUT2D eigenvalue weighted by molar-refractivity contribution is 5.96.